The summed E-state index contributed by atoms with van der Waals surface area (Å²) in [6.45, 7) is 7.09. The van der Waals surface area contributed by atoms with Crippen molar-refractivity contribution in [3.05, 3.63) is 29.3 Å². The smallest absolute Gasteiger partial charge is 0.338 e. The third-order valence-electron chi connectivity index (χ3n) is 3.27. The van der Waals surface area contributed by atoms with Gasteiger partial charge in [-0.05, 0) is 43.3 Å². The third-order valence-corrected chi connectivity index (χ3v) is 3.27. The summed E-state index contributed by atoms with van der Waals surface area (Å²) in [4.78, 5) is 14.2. The van der Waals surface area contributed by atoms with Gasteiger partial charge < -0.3 is 20.5 Å². The molecule has 0 spiro atoms. The number of anilines is 1. The number of carbonyl (C=O) groups excluding carboxylic acids is 1. The summed E-state index contributed by atoms with van der Waals surface area (Å²) in [5.74, 6) is -0.361. The molecule has 0 atom stereocenters. The number of ether oxygens (including phenoxy) is 1. The Labute approximate surface area is 120 Å². The number of nitrogens with two attached hydrogens (primary N) is 1. The van der Waals surface area contributed by atoms with Gasteiger partial charge in [0.2, 0.25) is 0 Å². The van der Waals surface area contributed by atoms with Gasteiger partial charge in [-0.25, -0.2) is 4.79 Å². The van der Waals surface area contributed by atoms with Crippen molar-refractivity contribution in [2.75, 3.05) is 38.6 Å². The van der Waals surface area contributed by atoms with Gasteiger partial charge >= 0.3 is 5.97 Å². The lowest BCUT2D eigenvalue weighted by molar-refractivity contribution is 0.0465. The largest absolute Gasteiger partial charge is 0.461 e. The number of aliphatic hydroxyl groups is 1. The van der Waals surface area contributed by atoms with E-state index in [0.29, 0.717) is 24.3 Å². The van der Waals surface area contributed by atoms with Crippen LogP contribution in [-0.2, 0) is 11.2 Å². The molecule has 20 heavy (non-hydrogen) atoms. The van der Waals surface area contributed by atoms with Crippen LogP contribution in [-0.4, -0.2) is 48.8 Å². The van der Waals surface area contributed by atoms with E-state index in [1.165, 1.54) is 0 Å². The molecule has 0 saturated carbocycles. The van der Waals surface area contributed by atoms with Crippen LogP contribution in [0.1, 0.15) is 29.8 Å². The second-order valence-corrected chi connectivity index (χ2v) is 4.55. The van der Waals surface area contributed by atoms with E-state index in [1.54, 1.807) is 18.2 Å². The molecule has 5 nitrogen and oxygen atoms in total. The molecule has 3 N–H and O–H groups in total. The van der Waals surface area contributed by atoms with Crippen LogP contribution in [0.15, 0.2) is 18.2 Å². The first kappa shape index (κ1) is 16.5. The van der Waals surface area contributed by atoms with E-state index in [1.807, 2.05) is 0 Å². The van der Waals surface area contributed by atoms with E-state index in [-0.39, 0.29) is 12.6 Å². The van der Waals surface area contributed by atoms with Gasteiger partial charge in [-0.3, -0.25) is 0 Å². The Morgan fingerprint density at radius 1 is 1.35 bits per heavy atom. The first-order valence-corrected chi connectivity index (χ1v) is 7.01. The Kier molecular flexibility index (Phi) is 7.04. The normalized spacial score (nSPS) is 10.8. The number of esters is 1. The first-order chi connectivity index (χ1) is 9.62. The van der Waals surface area contributed by atoms with Gasteiger partial charge in [0.25, 0.3) is 0 Å². The highest BCUT2D eigenvalue weighted by molar-refractivity contribution is 5.91. The molecule has 0 aromatic heterocycles. The molecule has 112 valence electrons. The summed E-state index contributed by atoms with van der Waals surface area (Å²) in [6.07, 6.45) is 0.394. The minimum Gasteiger partial charge on any atom is -0.461 e. The Hall–Kier alpha value is -1.59. The molecule has 0 amide bonds. The van der Waals surface area contributed by atoms with E-state index in [9.17, 15) is 4.79 Å². The molecular weight excluding hydrogens is 256 g/mol. The lowest BCUT2D eigenvalue weighted by atomic mass is 10.0. The second-order valence-electron chi connectivity index (χ2n) is 4.55. The SMILES string of the molecule is CCN(CC)CCOC(=O)c1ccc(N)cc1CCO. The number of hydrogen-bond acceptors (Lipinski definition) is 5. The zero-order chi connectivity index (χ0) is 15.0. The molecule has 1 aromatic rings. The van der Waals surface area contributed by atoms with Crippen LogP contribution in [0.2, 0.25) is 0 Å². The molecule has 0 fully saturated rings. The van der Waals surface area contributed by atoms with Crippen LogP contribution in [0, 0.1) is 0 Å². The molecule has 0 heterocycles. The van der Waals surface area contributed by atoms with Crippen LogP contribution >= 0.6 is 0 Å². The Balaban J connectivity index is 2.63. The number of carbonyl (C=O) groups is 1. The second kappa shape index (κ2) is 8.55. The minimum atomic E-state index is -0.361. The third kappa shape index (κ3) is 4.83. The summed E-state index contributed by atoms with van der Waals surface area (Å²) in [5, 5.41) is 9.03. The fourth-order valence-corrected chi connectivity index (χ4v) is 2.03. The van der Waals surface area contributed by atoms with Crippen LogP contribution in [0.25, 0.3) is 0 Å². The van der Waals surface area contributed by atoms with E-state index in [0.717, 1.165) is 25.2 Å². The van der Waals surface area contributed by atoms with E-state index >= 15 is 0 Å². The highest BCUT2D eigenvalue weighted by Crippen LogP contribution is 2.15. The molecule has 0 aliphatic rings. The van der Waals surface area contributed by atoms with Gasteiger partial charge in [0.1, 0.15) is 6.61 Å². The molecular formula is C15H24N2O3. The van der Waals surface area contributed by atoms with Crippen molar-refractivity contribution >= 4 is 11.7 Å². The van der Waals surface area contributed by atoms with E-state index < -0.39 is 0 Å². The molecule has 0 radical (unpaired) electrons. The molecule has 1 rings (SSSR count). The molecule has 0 aliphatic carbocycles. The Morgan fingerprint density at radius 2 is 2.05 bits per heavy atom. The summed E-state index contributed by atoms with van der Waals surface area (Å²) in [7, 11) is 0. The van der Waals surface area contributed by atoms with Gasteiger partial charge in [0, 0.05) is 18.8 Å². The van der Waals surface area contributed by atoms with Gasteiger partial charge in [-0.15, -0.1) is 0 Å². The summed E-state index contributed by atoms with van der Waals surface area (Å²) >= 11 is 0. The summed E-state index contributed by atoms with van der Waals surface area (Å²) < 4.78 is 5.29. The van der Waals surface area contributed by atoms with Gasteiger partial charge in [-0.2, -0.15) is 0 Å². The Morgan fingerprint density at radius 3 is 2.65 bits per heavy atom. The molecule has 1 aromatic carbocycles. The fraction of sp³-hybridized carbons (Fsp3) is 0.533. The van der Waals surface area contributed by atoms with Gasteiger partial charge in [-0.1, -0.05) is 13.8 Å². The van der Waals surface area contributed by atoms with E-state index in [2.05, 4.69) is 18.7 Å². The molecule has 0 aliphatic heterocycles. The highest BCUT2D eigenvalue weighted by Gasteiger charge is 2.13. The van der Waals surface area contributed by atoms with Crippen molar-refractivity contribution in [3.63, 3.8) is 0 Å². The zero-order valence-corrected chi connectivity index (χ0v) is 12.3. The van der Waals surface area contributed by atoms with Crippen molar-refractivity contribution in [2.24, 2.45) is 0 Å². The molecule has 0 saturated heterocycles. The lowest BCUT2D eigenvalue weighted by Gasteiger charge is -2.17. The number of nitrogens with zero attached hydrogens (tertiary/aromatic N) is 1. The first-order valence-electron chi connectivity index (χ1n) is 7.01. The topological polar surface area (TPSA) is 75.8 Å². The van der Waals surface area contributed by atoms with Crippen molar-refractivity contribution in [1.29, 1.82) is 0 Å². The van der Waals surface area contributed by atoms with Crippen LogP contribution < -0.4 is 5.73 Å². The predicted octanol–water partition coefficient (Wildman–Crippen LogP) is 1.30. The van der Waals surface area contributed by atoms with Crippen LogP contribution in [0.5, 0.6) is 0 Å². The fourth-order valence-electron chi connectivity index (χ4n) is 2.03. The number of nitrogen functional groups attached to an aromatic ring is 1. The monoisotopic (exact) mass is 280 g/mol. The summed E-state index contributed by atoms with van der Waals surface area (Å²) in [5.41, 5.74) is 7.47. The average Bonchev–Trinajstić information content (AvgIpc) is 2.44. The number of aliphatic hydroxyl groups excluding tert-OH is 1. The number of rotatable bonds is 8. The molecule has 0 unspecified atom stereocenters. The minimum absolute atomic E-state index is 0.0246. The van der Waals surface area contributed by atoms with E-state index in [4.69, 9.17) is 15.6 Å². The summed E-state index contributed by atoms with van der Waals surface area (Å²) in [6, 6.07) is 5.03. The highest BCUT2D eigenvalue weighted by atomic mass is 16.5. The molecule has 0 bridgehead atoms. The van der Waals surface area contributed by atoms with Crippen molar-refractivity contribution in [1.82, 2.24) is 4.90 Å². The lowest BCUT2D eigenvalue weighted by Crippen LogP contribution is -2.28. The quantitative estimate of drug-likeness (QED) is 0.554. The Bertz CT molecular complexity index is 431. The van der Waals surface area contributed by atoms with Gasteiger partial charge in [0.05, 0.1) is 5.56 Å². The maximum absolute atomic E-state index is 12.0. The predicted molar refractivity (Wildman–Crippen MR) is 79.7 cm³/mol. The standard InChI is InChI=1S/C15H24N2O3/c1-3-17(4-2)8-10-20-15(19)14-6-5-13(16)11-12(14)7-9-18/h5-6,11,18H,3-4,7-10,16H2,1-2H3. The van der Waals surface area contributed by atoms with Gasteiger partial charge in [0.15, 0.2) is 0 Å². The van der Waals surface area contributed by atoms with Crippen LogP contribution in [0.3, 0.4) is 0 Å². The van der Waals surface area contributed by atoms with Crippen LogP contribution in [0.4, 0.5) is 5.69 Å². The van der Waals surface area contributed by atoms with Crippen molar-refractivity contribution in [2.45, 2.75) is 20.3 Å². The zero-order valence-electron chi connectivity index (χ0n) is 12.3. The number of benzene rings is 1. The van der Waals surface area contributed by atoms with Crippen molar-refractivity contribution in [3.8, 4) is 0 Å². The molecule has 5 heteroatoms. The maximum atomic E-state index is 12.0. The number of likely N-dealkylation sites (N-methyl/N-ethyl adjacent to an activating group) is 1. The maximum Gasteiger partial charge on any atom is 0.338 e. The van der Waals surface area contributed by atoms with Crippen molar-refractivity contribution < 1.29 is 14.6 Å². The number of hydrogen-bond donors (Lipinski definition) is 2. The average molecular weight is 280 g/mol.